The van der Waals surface area contributed by atoms with Gasteiger partial charge in [-0.25, -0.2) is 4.39 Å². The van der Waals surface area contributed by atoms with E-state index >= 15 is 0 Å². The second-order valence-electron chi connectivity index (χ2n) is 4.20. The standard InChI is InChI=1S/C14H13FN2O2/c1-10-8-12(15)6-7-13(10)16-9-11-4-2-3-5-14(11)17(18)19/h2-8,16H,9H2,1H3. The Morgan fingerprint density at radius 2 is 2.00 bits per heavy atom. The van der Waals surface area contributed by atoms with Crippen LogP contribution in [0.5, 0.6) is 0 Å². The summed E-state index contributed by atoms with van der Waals surface area (Å²) in [7, 11) is 0. The van der Waals surface area contributed by atoms with Gasteiger partial charge in [0.2, 0.25) is 0 Å². The molecule has 0 unspecified atom stereocenters. The average Bonchev–Trinajstić information content (AvgIpc) is 2.38. The lowest BCUT2D eigenvalue weighted by atomic mass is 10.1. The van der Waals surface area contributed by atoms with Crippen molar-refractivity contribution in [1.82, 2.24) is 0 Å². The fourth-order valence-corrected chi connectivity index (χ4v) is 1.85. The van der Waals surface area contributed by atoms with Gasteiger partial charge in [-0.05, 0) is 30.7 Å². The third kappa shape index (κ3) is 3.07. The Morgan fingerprint density at radius 1 is 1.26 bits per heavy atom. The van der Waals surface area contributed by atoms with E-state index < -0.39 is 4.92 Å². The van der Waals surface area contributed by atoms with Crippen LogP contribution in [0.4, 0.5) is 15.8 Å². The molecule has 19 heavy (non-hydrogen) atoms. The molecule has 0 radical (unpaired) electrons. The second-order valence-corrected chi connectivity index (χ2v) is 4.20. The minimum absolute atomic E-state index is 0.0785. The number of nitro benzene ring substituents is 1. The molecule has 0 bridgehead atoms. The van der Waals surface area contributed by atoms with Crippen molar-refractivity contribution in [2.45, 2.75) is 13.5 Å². The number of nitrogens with zero attached hydrogens (tertiary/aromatic N) is 1. The molecule has 0 heterocycles. The summed E-state index contributed by atoms with van der Waals surface area (Å²) < 4.78 is 13.0. The van der Waals surface area contributed by atoms with Crippen LogP contribution in [-0.2, 0) is 6.54 Å². The van der Waals surface area contributed by atoms with Gasteiger partial charge in [0.1, 0.15) is 5.82 Å². The zero-order valence-corrected chi connectivity index (χ0v) is 10.4. The minimum Gasteiger partial charge on any atom is -0.380 e. The van der Waals surface area contributed by atoms with E-state index in [1.807, 2.05) is 0 Å². The van der Waals surface area contributed by atoms with Crippen LogP contribution in [0.15, 0.2) is 42.5 Å². The van der Waals surface area contributed by atoms with E-state index in [1.165, 1.54) is 18.2 Å². The first-order chi connectivity index (χ1) is 9.08. The van der Waals surface area contributed by atoms with Gasteiger partial charge in [-0.15, -0.1) is 0 Å². The molecule has 2 rings (SSSR count). The molecule has 0 aliphatic carbocycles. The van der Waals surface area contributed by atoms with Crippen molar-refractivity contribution >= 4 is 11.4 Å². The number of para-hydroxylation sites is 1. The van der Waals surface area contributed by atoms with Crippen molar-refractivity contribution in [3.05, 3.63) is 69.5 Å². The highest BCUT2D eigenvalue weighted by Gasteiger charge is 2.11. The number of hydrogen-bond donors (Lipinski definition) is 1. The van der Waals surface area contributed by atoms with Crippen LogP contribution in [-0.4, -0.2) is 4.92 Å². The zero-order chi connectivity index (χ0) is 13.8. The van der Waals surface area contributed by atoms with Crippen molar-refractivity contribution in [1.29, 1.82) is 0 Å². The number of rotatable bonds is 4. The Bertz CT molecular complexity index is 614. The Hall–Kier alpha value is -2.43. The first-order valence-electron chi connectivity index (χ1n) is 5.80. The number of anilines is 1. The van der Waals surface area contributed by atoms with E-state index in [1.54, 1.807) is 31.2 Å². The number of nitro groups is 1. The molecule has 98 valence electrons. The van der Waals surface area contributed by atoms with Crippen molar-refractivity contribution < 1.29 is 9.31 Å². The molecule has 0 saturated carbocycles. The SMILES string of the molecule is Cc1cc(F)ccc1NCc1ccccc1[N+](=O)[O-]. The van der Waals surface area contributed by atoms with Gasteiger partial charge in [0, 0.05) is 23.9 Å². The summed E-state index contributed by atoms with van der Waals surface area (Å²) in [6, 6.07) is 10.9. The Kier molecular flexibility index (Phi) is 3.75. The molecule has 0 saturated heterocycles. The predicted molar refractivity (Wildman–Crippen MR) is 71.6 cm³/mol. The van der Waals surface area contributed by atoms with Crippen LogP contribution >= 0.6 is 0 Å². The van der Waals surface area contributed by atoms with E-state index in [9.17, 15) is 14.5 Å². The number of aryl methyl sites for hydroxylation is 1. The fraction of sp³-hybridized carbons (Fsp3) is 0.143. The van der Waals surface area contributed by atoms with E-state index in [2.05, 4.69) is 5.32 Å². The predicted octanol–water partition coefficient (Wildman–Crippen LogP) is 3.65. The molecule has 0 amide bonds. The van der Waals surface area contributed by atoms with E-state index in [4.69, 9.17) is 0 Å². The zero-order valence-electron chi connectivity index (χ0n) is 10.4. The fourth-order valence-electron chi connectivity index (χ4n) is 1.85. The Morgan fingerprint density at radius 3 is 2.68 bits per heavy atom. The quantitative estimate of drug-likeness (QED) is 0.674. The van der Waals surface area contributed by atoms with Crippen LogP contribution in [0.3, 0.4) is 0 Å². The van der Waals surface area contributed by atoms with E-state index in [0.717, 1.165) is 11.3 Å². The summed E-state index contributed by atoms with van der Waals surface area (Å²) in [5.74, 6) is -0.297. The van der Waals surface area contributed by atoms with Crippen LogP contribution in [0, 0.1) is 22.9 Å². The number of benzene rings is 2. The lowest BCUT2D eigenvalue weighted by Crippen LogP contribution is -2.04. The Balaban J connectivity index is 2.17. The monoisotopic (exact) mass is 260 g/mol. The maximum Gasteiger partial charge on any atom is 0.274 e. The number of halogens is 1. The maximum absolute atomic E-state index is 13.0. The van der Waals surface area contributed by atoms with Crippen LogP contribution in [0.2, 0.25) is 0 Å². The highest BCUT2D eigenvalue weighted by atomic mass is 19.1. The summed E-state index contributed by atoms with van der Waals surface area (Å²) in [4.78, 5) is 10.5. The molecule has 0 aliphatic heterocycles. The molecule has 0 spiro atoms. The molecule has 1 N–H and O–H groups in total. The van der Waals surface area contributed by atoms with Gasteiger partial charge in [0.05, 0.1) is 4.92 Å². The van der Waals surface area contributed by atoms with E-state index in [0.29, 0.717) is 12.1 Å². The summed E-state index contributed by atoms with van der Waals surface area (Å²) >= 11 is 0. The first kappa shape index (κ1) is 13.0. The maximum atomic E-state index is 13.0. The lowest BCUT2D eigenvalue weighted by molar-refractivity contribution is -0.385. The molecule has 0 fully saturated rings. The van der Waals surface area contributed by atoms with Crippen molar-refractivity contribution in [2.75, 3.05) is 5.32 Å². The van der Waals surface area contributed by atoms with Gasteiger partial charge < -0.3 is 5.32 Å². The van der Waals surface area contributed by atoms with Crippen LogP contribution < -0.4 is 5.32 Å². The topological polar surface area (TPSA) is 55.2 Å². The molecule has 2 aromatic rings. The Labute approximate surface area is 110 Å². The highest BCUT2D eigenvalue weighted by molar-refractivity contribution is 5.52. The molecule has 0 aliphatic rings. The van der Waals surface area contributed by atoms with Crippen molar-refractivity contribution in [3.8, 4) is 0 Å². The lowest BCUT2D eigenvalue weighted by Gasteiger charge is -2.09. The summed E-state index contributed by atoms with van der Waals surface area (Å²) in [6.07, 6.45) is 0. The third-order valence-electron chi connectivity index (χ3n) is 2.85. The van der Waals surface area contributed by atoms with Gasteiger partial charge in [-0.1, -0.05) is 18.2 Å². The number of nitrogens with one attached hydrogen (secondary N) is 1. The normalized spacial score (nSPS) is 10.2. The van der Waals surface area contributed by atoms with Gasteiger partial charge in [0.15, 0.2) is 0 Å². The van der Waals surface area contributed by atoms with Gasteiger partial charge >= 0.3 is 0 Å². The van der Waals surface area contributed by atoms with Crippen molar-refractivity contribution in [3.63, 3.8) is 0 Å². The molecule has 2 aromatic carbocycles. The minimum atomic E-state index is -0.408. The smallest absolute Gasteiger partial charge is 0.274 e. The molecule has 5 heteroatoms. The van der Waals surface area contributed by atoms with Crippen LogP contribution in [0.25, 0.3) is 0 Å². The summed E-state index contributed by atoms with van der Waals surface area (Å²) in [5.41, 5.74) is 2.20. The molecule has 0 aromatic heterocycles. The van der Waals surface area contributed by atoms with Gasteiger partial charge in [-0.3, -0.25) is 10.1 Å². The third-order valence-corrected chi connectivity index (χ3v) is 2.85. The van der Waals surface area contributed by atoms with Gasteiger partial charge in [0.25, 0.3) is 5.69 Å². The first-order valence-corrected chi connectivity index (χ1v) is 5.80. The molecular weight excluding hydrogens is 247 g/mol. The molecule has 0 atom stereocenters. The van der Waals surface area contributed by atoms with Gasteiger partial charge in [-0.2, -0.15) is 0 Å². The second kappa shape index (κ2) is 5.48. The summed E-state index contributed by atoms with van der Waals surface area (Å²) in [6.45, 7) is 2.11. The molecular formula is C14H13FN2O2. The summed E-state index contributed by atoms with van der Waals surface area (Å²) in [5, 5.41) is 14.0. The van der Waals surface area contributed by atoms with E-state index in [-0.39, 0.29) is 11.5 Å². The van der Waals surface area contributed by atoms with Crippen molar-refractivity contribution in [2.24, 2.45) is 0 Å². The molecule has 4 nitrogen and oxygen atoms in total. The average molecular weight is 260 g/mol. The number of hydrogen-bond acceptors (Lipinski definition) is 3. The van der Waals surface area contributed by atoms with Crippen LogP contribution in [0.1, 0.15) is 11.1 Å². The largest absolute Gasteiger partial charge is 0.380 e. The highest BCUT2D eigenvalue weighted by Crippen LogP contribution is 2.21.